The largest absolute Gasteiger partial charge is 0.394 e. The van der Waals surface area contributed by atoms with Gasteiger partial charge in [0.1, 0.15) is 5.82 Å². The molecule has 1 aromatic heterocycles. The Bertz CT molecular complexity index is 662. The summed E-state index contributed by atoms with van der Waals surface area (Å²) < 4.78 is 19.5. The van der Waals surface area contributed by atoms with Gasteiger partial charge in [0.2, 0.25) is 5.82 Å². The van der Waals surface area contributed by atoms with E-state index in [-0.39, 0.29) is 24.1 Å². The zero-order valence-electron chi connectivity index (χ0n) is 13.2. The zero-order chi connectivity index (χ0) is 16.4. The summed E-state index contributed by atoms with van der Waals surface area (Å²) in [5, 5.41) is 23.3. The minimum atomic E-state index is -0.370. The third kappa shape index (κ3) is 3.72. The Morgan fingerprint density at radius 3 is 3.00 bits per heavy atom. The number of aliphatic hydroxyl groups is 1. The topological polar surface area (TPSA) is 87.2 Å². The molecule has 0 aliphatic carbocycles. The highest BCUT2D eigenvalue weighted by Crippen LogP contribution is 2.26. The monoisotopic (exact) mass is 321 g/mol. The molecular formula is C15H20FN5O2. The van der Waals surface area contributed by atoms with Gasteiger partial charge in [-0.2, -0.15) is 5.21 Å². The number of aromatic amines is 1. The number of morpholine rings is 1. The molecule has 2 N–H and O–H groups in total. The summed E-state index contributed by atoms with van der Waals surface area (Å²) in [5.74, 6) is 0.129. The molecule has 2 heterocycles. The predicted octanol–water partition coefficient (Wildman–Crippen LogP) is 0.977. The summed E-state index contributed by atoms with van der Waals surface area (Å²) in [6.45, 7) is 5.71. The van der Waals surface area contributed by atoms with Gasteiger partial charge in [-0.1, -0.05) is 0 Å². The molecule has 3 rings (SSSR count). The number of nitrogens with zero attached hydrogens (tertiary/aromatic N) is 4. The van der Waals surface area contributed by atoms with Crippen LogP contribution in [0.3, 0.4) is 0 Å². The molecule has 1 aliphatic rings. The van der Waals surface area contributed by atoms with Crippen LogP contribution >= 0.6 is 0 Å². The SMILES string of the molecule is CC1(C)CN(Cc2cc(F)ccc2-c2nn[nH]n2)C[C@H](CO)O1. The smallest absolute Gasteiger partial charge is 0.204 e. The van der Waals surface area contributed by atoms with Gasteiger partial charge in [-0.3, -0.25) is 4.90 Å². The lowest BCUT2D eigenvalue weighted by molar-refractivity contribution is -0.150. The second-order valence-electron chi connectivity index (χ2n) is 6.39. The first kappa shape index (κ1) is 16.0. The van der Waals surface area contributed by atoms with Crippen LogP contribution in [0.25, 0.3) is 11.4 Å². The molecule has 1 aliphatic heterocycles. The first-order valence-corrected chi connectivity index (χ1v) is 7.50. The molecule has 0 bridgehead atoms. The highest BCUT2D eigenvalue weighted by molar-refractivity contribution is 5.59. The van der Waals surface area contributed by atoms with Gasteiger partial charge in [0.05, 0.1) is 18.3 Å². The van der Waals surface area contributed by atoms with Crippen molar-refractivity contribution in [3.8, 4) is 11.4 Å². The van der Waals surface area contributed by atoms with Crippen molar-refractivity contribution in [3.05, 3.63) is 29.6 Å². The summed E-state index contributed by atoms with van der Waals surface area (Å²) in [6.07, 6.45) is -0.249. The number of hydrogen-bond donors (Lipinski definition) is 2. The number of H-pyrrole nitrogens is 1. The van der Waals surface area contributed by atoms with Crippen LogP contribution < -0.4 is 0 Å². The number of aliphatic hydroxyl groups excluding tert-OH is 1. The average Bonchev–Trinajstić information content (AvgIpc) is 2.99. The molecule has 0 spiro atoms. The van der Waals surface area contributed by atoms with E-state index in [1.165, 1.54) is 12.1 Å². The minimum absolute atomic E-state index is 0.0409. The van der Waals surface area contributed by atoms with Gasteiger partial charge >= 0.3 is 0 Å². The molecule has 2 aromatic rings. The van der Waals surface area contributed by atoms with Crippen molar-refractivity contribution in [3.63, 3.8) is 0 Å². The molecule has 0 unspecified atom stereocenters. The van der Waals surface area contributed by atoms with Crippen LogP contribution in [0.4, 0.5) is 4.39 Å². The molecule has 1 atom stereocenters. The summed E-state index contributed by atoms with van der Waals surface area (Å²) in [6, 6.07) is 4.53. The highest BCUT2D eigenvalue weighted by atomic mass is 19.1. The molecule has 0 saturated carbocycles. The quantitative estimate of drug-likeness (QED) is 0.873. The van der Waals surface area contributed by atoms with Crippen LogP contribution in [0.1, 0.15) is 19.4 Å². The number of rotatable bonds is 4. The van der Waals surface area contributed by atoms with Crippen molar-refractivity contribution in [2.45, 2.75) is 32.1 Å². The van der Waals surface area contributed by atoms with Crippen molar-refractivity contribution in [2.24, 2.45) is 0 Å². The zero-order valence-corrected chi connectivity index (χ0v) is 13.2. The Kier molecular flexibility index (Phi) is 4.38. The lowest BCUT2D eigenvalue weighted by Gasteiger charge is -2.42. The normalized spacial score (nSPS) is 21.5. The van der Waals surface area contributed by atoms with Crippen LogP contribution in [0, 0.1) is 5.82 Å². The number of nitrogens with one attached hydrogen (secondary N) is 1. The van der Waals surface area contributed by atoms with Crippen molar-refractivity contribution in [1.82, 2.24) is 25.5 Å². The lowest BCUT2D eigenvalue weighted by atomic mass is 10.0. The second-order valence-corrected chi connectivity index (χ2v) is 6.39. The first-order valence-electron chi connectivity index (χ1n) is 7.50. The fraction of sp³-hybridized carbons (Fsp3) is 0.533. The van der Waals surface area contributed by atoms with E-state index in [4.69, 9.17) is 4.74 Å². The molecular weight excluding hydrogens is 301 g/mol. The van der Waals surface area contributed by atoms with Crippen molar-refractivity contribution < 1.29 is 14.2 Å². The van der Waals surface area contributed by atoms with Gasteiger partial charge in [-0.15, -0.1) is 10.2 Å². The van der Waals surface area contributed by atoms with E-state index in [9.17, 15) is 9.50 Å². The van der Waals surface area contributed by atoms with E-state index in [0.29, 0.717) is 25.5 Å². The van der Waals surface area contributed by atoms with Gasteiger partial charge in [0, 0.05) is 25.2 Å². The third-order valence-corrected chi connectivity index (χ3v) is 3.80. The maximum absolute atomic E-state index is 13.7. The highest BCUT2D eigenvalue weighted by Gasteiger charge is 2.33. The minimum Gasteiger partial charge on any atom is -0.394 e. The van der Waals surface area contributed by atoms with Crippen molar-refractivity contribution in [1.29, 1.82) is 0 Å². The molecule has 7 nitrogen and oxygen atoms in total. The fourth-order valence-corrected chi connectivity index (χ4v) is 3.06. The lowest BCUT2D eigenvalue weighted by Crippen LogP contribution is -2.53. The number of benzene rings is 1. The van der Waals surface area contributed by atoms with E-state index in [2.05, 4.69) is 25.5 Å². The molecule has 1 saturated heterocycles. The van der Waals surface area contributed by atoms with Crippen LogP contribution in [-0.4, -0.2) is 62.0 Å². The Morgan fingerprint density at radius 2 is 2.30 bits per heavy atom. The Labute approximate surface area is 133 Å². The molecule has 0 amide bonds. The average molecular weight is 321 g/mol. The molecule has 1 fully saturated rings. The number of hydrogen-bond acceptors (Lipinski definition) is 6. The van der Waals surface area contributed by atoms with Crippen LogP contribution in [0.5, 0.6) is 0 Å². The second kappa shape index (κ2) is 6.31. The van der Waals surface area contributed by atoms with E-state index < -0.39 is 0 Å². The number of tetrazole rings is 1. The van der Waals surface area contributed by atoms with Crippen molar-refractivity contribution in [2.75, 3.05) is 19.7 Å². The standard InChI is InChI=1S/C15H20FN5O2/c1-15(2)9-21(7-12(8-22)23-15)6-10-5-11(16)3-4-13(10)14-17-19-20-18-14/h3-5,12,22H,6-9H2,1-2H3,(H,17,18,19,20)/t12-/m1/s1. The molecule has 23 heavy (non-hydrogen) atoms. The predicted molar refractivity (Wildman–Crippen MR) is 80.9 cm³/mol. The molecule has 8 heteroatoms. The van der Waals surface area contributed by atoms with E-state index in [0.717, 1.165) is 11.1 Å². The van der Waals surface area contributed by atoms with Gasteiger partial charge in [-0.25, -0.2) is 4.39 Å². The Hall–Kier alpha value is -1.90. The molecule has 0 radical (unpaired) electrons. The van der Waals surface area contributed by atoms with E-state index in [1.54, 1.807) is 6.07 Å². The van der Waals surface area contributed by atoms with E-state index >= 15 is 0 Å². The number of halogens is 1. The van der Waals surface area contributed by atoms with Crippen LogP contribution in [-0.2, 0) is 11.3 Å². The summed E-state index contributed by atoms with van der Waals surface area (Å²) in [5.41, 5.74) is 1.15. The maximum Gasteiger partial charge on any atom is 0.204 e. The first-order chi connectivity index (χ1) is 11.0. The fourth-order valence-electron chi connectivity index (χ4n) is 3.06. The molecule has 124 valence electrons. The summed E-state index contributed by atoms with van der Waals surface area (Å²) >= 11 is 0. The summed E-state index contributed by atoms with van der Waals surface area (Å²) in [7, 11) is 0. The van der Waals surface area contributed by atoms with E-state index in [1.807, 2.05) is 13.8 Å². The maximum atomic E-state index is 13.7. The van der Waals surface area contributed by atoms with Gasteiger partial charge in [-0.05, 0) is 42.8 Å². The van der Waals surface area contributed by atoms with Crippen LogP contribution in [0.2, 0.25) is 0 Å². The third-order valence-electron chi connectivity index (χ3n) is 3.80. The van der Waals surface area contributed by atoms with Crippen LogP contribution in [0.15, 0.2) is 18.2 Å². The number of aromatic nitrogens is 4. The Balaban J connectivity index is 1.86. The van der Waals surface area contributed by atoms with Gasteiger partial charge in [0.25, 0.3) is 0 Å². The van der Waals surface area contributed by atoms with Gasteiger partial charge in [0.15, 0.2) is 0 Å². The number of ether oxygens (including phenoxy) is 1. The Morgan fingerprint density at radius 1 is 1.48 bits per heavy atom. The molecule has 1 aromatic carbocycles. The van der Waals surface area contributed by atoms with Gasteiger partial charge < -0.3 is 9.84 Å². The summed E-state index contributed by atoms with van der Waals surface area (Å²) in [4.78, 5) is 2.14. The van der Waals surface area contributed by atoms with Crippen molar-refractivity contribution >= 4 is 0 Å².